The number of halogens is 3. The maximum absolute atomic E-state index is 6.18. The van der Waals surface area contributed by atoms with Gasteiger partial charge in [-0.2, -0.15) is 0 Å². The minimum Gasteiger partial charge on any atom is -0.253 e. The van der Waals surface area contributed by atoms with Crippen molar-refractivity contribution in [1.82, 2.24) is 4.98 Å². The van der Waals surface area contributed by atoms with Crippen LogP contribution in [0.25, 0.3) is 11.3 Å². The van der Waals surface area contributed by atoms with Gasteiger partial charge in [0, 0.05) is 11.3 Å². The molecule has 0 aliphatic rings. The molecular formula is C13H10Cl3N. The van der Waals surface area contributed by atoms with Crippen LogP contribution in [0.3, 0.4) is 0 Å². The predicted octanol–water partition coefficient (Wildman–Crippen LogP) is 5.33. The molecule has 0 N–H and O–H groups in total. The lowest BCUT2D eigenvalue weighted by molar-refractivity contribution is 1.18. The van der Waals surface area contributed by atoms with Gasteiger partial charge in [0.05, 0.1) is 20.8 Å². The van der Waals surface area contributed by atoms with E-state index in [1.165, 1.54) is 0 Å². The number of rotatable bonds is 1. The fraction of sp³-hybridized carbons (Fsp3) is 0.154. The molecule has 2 rings (SSSR count). The predicted molar refractivity (Wildman–Crippen MR) is 74.2 cm³/mol. The van der Waals surface area contributed by atoms with E-state index in [1.807, 2.05) is 32.0 Å². The molecule has 1 heterocycles. The normalized spacial score (nSPS) is 10.6. The van der Waals surface area contributed by atoms with Crippen LogP contribution in [-0.4, -0.2) is 4.98 Å². The molecule has 0 amide bonds. The molecule has 0 fully saturated rings. The second-order valence-corrected chi connectivity index (χ2v) is 5.06. The molecule has 4 heteroatoms. The van der Waals surface area contributed by atoms with E-state index in [1.54, 1.807) is 6.07 Å². The average molecular weight is 287 g/mol. The first kappa shape index (κ1) is 12.7. The number of aromatic nitrogens is 1. The van der Waals surface area contributed by atoms with Gasteiger partial charge in [-0.05, 0) is 43.7 Å². The number of nitrogens with zero attached hydrogens (tertiary/aromatic N) is 1. The van der Waals surface area contributed by atoms with Gasteiger partial charge in [0.2, 0.25) is 0 Å². The summed E-state index contributed by atoms with van der Waals surface area (Å²) in [5.41, 5.74) is 3.69. The lowest BCUT2D eigenvalue weighted by Crippen LogP contribution is -1.90. The van der Waals surface area contributed by atoms with Crippen molar-refractivity contribution in [3.8, 4) is 11.3 Å². The summed E-state index contributed by atoms with van der Waals surface area (Å²) >= 11 is 18.1. The maximum atomic E-state index is 6.18. The summed E-state index contributed by atoms with van der Waals surface area (Å²) in [5, 5.41) is 1.26. The van der Waals surface area contributed by atoms with Gasteiger partial charge < -0.3 is 0 Å². The number of hydrogen-bond donors (Lipinski definition) is 0. The Hall–Kier alpha value is -0.760. The van der Waals surface area contributed by atoms with Gasteiger partial charge in [-0.1, -0.05) is 34.8 Å². The Balaban J connectivity index is 2.64. The average Bonchev–Trinajstić information content (AvgIpc) is 2.24. The first-order chi connectivity index (χ1) is 7.99. The standard InChI is InChI=1S/C13H10Cl3N/c1-7-5-8(2)17-11(6-7)9-3-4-10(14)13(16)12(9)15/h3-6H,1-2H3. The third-order valence-electron chi connectivity index (χ3n) is 2.41. The highest BCUT2D eigenvalue weighted by molar-refractivity contribution is 6.49. The van der Waals surface area contributed by atoms with E-state index < -0.39 is 0 Å². The van der Waals surface area contributed by atoms with Crippen LogP contribution in [0, 0.1) is 13.8 Å². The highest BCUT2D eigenvalue weighted by Crippen LogP contribution is 2.37. The Labute approximate surface area is 115 Å². The van der Waals surface area contributed by atoms with Crippen LogP contribution < -0.4 is 0 Å². The minimum absolute atomic E-state index is 0.367. The lowest BCUT2D eigenvalue weighted by Gasteiger charge is -2.08. The van der Waals surface area contributed by atoms with E-state index in [0.717, 1.165) is 22.5 Å². The molecule has 2 aromatic rings. The van der Waals surface area contributed by atoms with Crippen LogP contribution in [0.15, 0.2) is 24.3 Å². The fourth-order valence-electron chi connectivity index (χ4n) is 1.70. The van der Waals surface area contributed by atoms with Crippen molar-refractivity contribution < 1.29 is 0 Å². The molecule has 0 radical (unpaired) electrons. The maximum Gasteiger partial charge on any atom is 0.0785 e. The van der Waals surface area contributed by atoms with Gasteiger partial charge in [0.1, 0.15) is 0 Å². The Kier molecular flexibility index (Phi) is 3.62. The number of benzene rings is 1. The van der Waals surface area contributed by atoms with E-state index >= 15 is 0 Å². The van der Waals surface area contributed by atoms with Gasteiger partial charge in [0.25, 0.3) is 0 Å². The van der Waals surface area contributed by atoms with Crippen LogP contribution in [0.2, 0.25) is 15.1 Å². The zero-order chi connectivity index (χ0) is 12.6. The van der Waals surface area contributed by atoms with Crippen LogP contribution in [0.5, 0.6) is 0 Å². The topological polar surface area (TPSA) is 12.9 Å². The molecule has 0 bridgehead atoms. The molecule has 1 nitrogen and oxygen atoms in total. The van der Waals surface area contributed by atoms with Crippen LogP contribution in [0.4, 0.5) is 0 Å². The minimum atomic E-state index is 0.367. The Bertz CT molecular complexity index is 559. The summed E-state index contributed by atoms with van der Waals surface area (Å²) in [6, 6.07) is 7.54. The summed E-state index contributed by atoms with van der Waals surface area (Å²) in [7, 11) is 0. The van der Waals surface area contributed by atoms with Crippen molar-refractivity contribution in [2.75, 3.05) is 0 Å². The van der Waals surface area contributed by atoms with Crippen molar-refractivity contribution in [2.24, 2.45) is 0 Å². The van der Waals surface area contributed by atoms with Crippen molar-refractivity contribution in [3.63, 3.8) is 0 Å². The molecule has 1 aromatic heterocycles. The third kappa shape index (κ3) is 2.57. The Morgan fingerprint density at radius 3 is 2.29 bits per heavy atom. The van der Waals surface area contributed by atoms with Crippen molar-refractivity contribution in [3.05, 3.63) is 50.6 Å². The molecule has 1 aromatic carbocycles. The van der Waals surface area contributed by atoms with E-state index in [4.69, 9.17) is 34.8 Å². The Morgan fingerprint density at radius 2 is 1.65 bits per heavy atom. The molecule has 0 aliphatic carbocycles. The molecule has 0 atom stereocenters. The second kappa shape index (κ2) is 4.85. The summed E-state index contributed by atoms with van der Waals surface area (Å²) in [5.74, 6) is 0. The first-order valence-electron chi connectivity index (χ1n) is 5.08. The molecule has 88 valence electrons. The largest absolute Gasteiger partial charge is 0.253 e. The Morgan fingerprint density at radius 1 is 0.941 bits per heavy atom. The summed E-state index contributed by atoms with van der Waals surface area (Å²) in [6.07, 6.45) is 0. The fourth-order valence-corrected chi connectivity index (χ4v) is 2.34. The first-order valence-corrected chi connectivity index (χ1v) is 6.21. The lowest BCUT2D eigenvalue weighted by atomic mass is 10.1. The van der Waals surface area contributed by atoms with Crippen molar-refractivity contribution in [2.45, 2.75) is 13.8 Å². The van der Waals surface area contributed by atoms with E-state index in [0.29, 0.717) is 15.1 Å². The van der Waals surface area contributed by atoms with Crippen LogP contribution in [0.1, 0.15) is 11.3 Å². The zero-order valence-corrected chi connectivity index (χ0v) is 11.7. The summed E-state index contributed by atoms with van der Waals surface area (Å²) in [6.45, 7) is 3.96. The molecule has 17 heavy (non-hydrogen) atoms. The monoisotopic (exact) mass is 285 g/mol. The van der Waals surface area contributed by atoms with Gasteiger partial charge in [-0.3, -0.25) is 4.98 Å². The van der Waals surface area contributed by atoms with E-state index in [-0.39, 0.29) is 0 Å². The summed E-state index contributed by atoms with van der Waals surface area (Å²) in [4.78, 5) is 4.45. The van der Waals surface area contributed by atoms with Crippen LogP contribution in [-0.2, 0) is 0 Å². The molecule has 0 saturated carbocycles. The molecular weight excluding hydrogens is 277 g/mol. The highest BCUT2D eigenvalue weighted by Gasteiger charge is 2.11. The third-order valence-corrected chi connectivity index (χ3v) is 3.70. The van der Waals surface area contributed by atoms with Crippen molar-refractivity contribution in [1.29, 1.82) is 0 Å². The second-order valence-electron chi connectivity index (χ2n) is 3.89. The van der Waals surface area contributed by atoms with Gasteiger partial charge in [-0.25, -0.2) is 0 Å². The van der Waals surface area contributed by atoms with E-state index in [9.17, 15) is 0 Å². The number of pyridine rings is 1. The molecule has 0 unspecified atom stereocenters. The van der Waals surface area contributed by atoms with Gasteiger partial charge in [0.15, 0.2) is 0 Å². The van der Waals surface area contributed by atoms with Gasteiger partial charge in [-0.15, -0.1) is 0 Å². The highest BCUT2D eigenvalue weighted by atomic mass is 35.5. The van der Waals surface area contributed by atoms with Gasteiger partial charge >= 0.3 is 0 Å². The molecule has 0 spiro atoms. The SMILES string of the molecule is Cc1cc(C)nc(-c2ccc(Cl)c(Cl)c2Cl)c1. The summed E-state index contributed by atoms with van der Waals surface area (Å²) < 4.78 is 0. The number of hydrogen-bond acceptors (Lipinski definition) is 1. The smallest absolute Gasteiger partial charge is 0.0785 e. The number of aryl methyl sites for hydroxylation is 2. The quantitative estimate of drug-likeness (QED) is 0.646. The molecule has 0 aliphatic heterocycles. The van der Waals surface area contributed by atoms with E-state index in [2.05, 4.69) is 4.98 Å². The zero-order valence-electron chi connectivity index (χ0n) is 9.39. The van der Waals surface area contributed by atoms with Crippen molar-refractivity contribution >= 4 is 34.8 Å². The van der Waals surface area contributed by atoms with Crippen LogP contribution >= 0.6 is 34.8 Å². The molecule has 0 saturated heterocycles.